The van der Waals surface area contributed by atoms with Gasteiger partial charge in [0.25, 0.3) is 5.92 Å². The van der Waals surface area contributed by atoms with Crippen molar-refractivity contribution in [1.82, 2.24) is 0 Å². The summed E-state index contributed by atoms with van der Waals surface area (Å²) in [4.78, 5) is 0. The van der Waals surface area contributed by atoms with E-state index in [1.165, 1.54) is 0 Å². The van der Waals surface area contributed by atoms with Crippen LogP contribution in [0.1, 0.15) is 33.1 Å². The quantitative estimate of drug-likeness (QED) is 0.666. The highest BCUT2D eigenvalue weighted by molar-refractivity contribution is 5.42. The Morgan fingerprint density at radius 2 is 2.00 bits per heavy atom. The van der Waals surface area contributed by atoms with Gasteiger partial charge < -0.3 is 5.73 Å². The fraction of sp³-hybridized carbons (Fsp3) is 0.833. The van der Waals surface area contributed by atoms with Crippen LogP contribution in [0.2, 0.25) is 0 Å². The third-order valence-electron chi connectivity index (χ3n) is 5.01. The molecule has 4 aliphatic rings. The molecule has 3 atom stereocenters. The molecular formula is C12H17F2N. The lowest BCUT2D eigenvalue weighted by atomic mass is 9.48. The zero-order chi connectivity index (χ0) is 11.1. The Balaban J connectivity index is 1.94. The molecule has 2 saturated carbocycles. The van der Waals surface area contributed by atoms with Crippen molar-refractivity contribution in [3.63, 3.8) is 0 Å². The highest BCUT2D eigenvalue weighted by Gasteiger charge is 2.73. The van der Waals surface area contributed by atoms with Gasteiger partial charge in [0.1, 0.15) is 5.54 Å². The Morgan fingerprint density at radius 3 is 2.40 bits per heavy atom. The Morgan fingerprint density at radius 1 is 1.40 bits per heavy atom. The van der Waals surface area contributed by atoms with Gasteiger partial charge in [0.2, 0.25) is 0 Å². The van der Waals surface area contributed by atoms with Crippen LogP contribution < -0.4 is 5.73 Å². The molecule has 0 amide bonds. The molecule has 0 aromatic carbocycles. The fourth-order valence-electron chi connectivity index (χ4n) is 3.47. The topological polar surface area (TPSA) is 26.0 Å². The van der Waals surface area contributed by atoms with Crippen LogP contribution >= 0.6 is 0 Å². The molecule has 0 aromatic heterocycles. The first-order chi connectivity index (χ1) is 6.79. The van der Waals surface area contributed by atoms with Gasteiger partial charge in [-0.3, -0.25) is 0 Å². The van der Waals surface area contributed by atoms with Crippen LogP contribution in [0.25, 0.3) is 0 Å². The van der Waals surface area contributed by atoms with Crippen LogP contribution in [-0.4, -0.2) is 11.5 Å². The lowest BCUT2D eigenvalue weighted by Crippen LogP contribution is -2.53. The second kappa shape index (κ2) is 2.29. The lowest BCUT2D eigenvalue weighted by molar-refractivity contribution is -0.0171. The molecule has 4 rings (SSSR count). The number of hydrogen-bond acceptors (Lipinski definition) is 1. The monoisotopic (exact) mass is 213 g/mol. The summed E-state index contributed by atoms with van der Waals surface area (Å²) in [6, 6.07) is 0. The maximum Gasteiger partial charge on any atom is 0.272 e. The van der Waals surface area contributed by atoms with Crippen LogP contribution in [0.5, 0.6) is 0 Å². The van der Waals surface area contributed by atoms with Crippen molar-refractivity contribution in [2.45, 2.75) is 44.6 Å². The third kappa shape index (κ3) is 0.955. The number of nitrogens with two attached hydrogens (primary N) is 1. The number of alkyl halides is 2. The molecule has 3 unspecified atom stereocenters. The summed E-state index contributed by atoms with van der Waals surface area (Å²) in [6.07, 6.45) is 3.84. The number of hydrogen-bond donors (Lipinski definition) is 1. The molecule has 84 valence electrons. The lowest BCUT2D eigenvalue weighted by Gasteiger charge is -2.57. The first-order valence-corrected chi connectivity index (χ1v) is 5.66. The summed E-state index contributed by atoms with van der Waals surface area (Å²) < 4.78 is 26.5. The molecule has 1 nitrogen and oxygen atoms in total. The van der Waals surface area contributed by atoms with Crippen molar-refractivity contribution in [2.75, 3.05) is 0 Å². The van der Waals surface area contributed by atoms with Crippen molar-refractivity contribution < 1.29 is 8.78 Å². The van der Waals surface area contributed by atoms with Crippen molar-refractivity contribution in [3.05, 3.63) is 11.6 Å². The number of fused-ring (bicyclic) bond motifs is 1. The molecule has 0 aromatic rings. The molecule has 15 heavy (non-hydrogen) atoms. The van der Waals surface area contributed by atoms with Gasteiger partial charge in [-0.05, 0) is 35.7 Å². The molecule has 2 bridgehead atoms. The molecule has 0 heterocycles. The Hall–Kier alpha value is -0.440. The zero-order valence-corrected chi connectivity index (χ0v) is 9.19. The summed E-state index contributed by atoms with van der Waals surface area (Å²) >= 11 is 0. The highest BCUT2D eigenvalue weighted by Crippen LogP contribution is 2.67. The number of halogens is 2. The number of rotatable bonds is 1. The van der Waals surface area contributed by atoms with Crippen LogP contribution in [0.3, 0.4) is 0 Å². The van der Waals surface area contributed by atoms with Gasteiger partial charge in [0.05, 0.1) is 0 Å². The van der Waals surface area contributed by atoms with E-state index in [4.69, 9.17) is 5.73 Å². The predicted octanol–water partition coefficient (Wildman–Crippen LogP) is 2.72. The molecular weight excluding hydrogens is 196 g/mol. The molecule has 0 saturated heterocycles. The third-order valence-corrected chi connectivity index (χ3v) is 5.01. The molecule has 2 fully saturated rings. The van der Waals surface area contributed by atoms with Crippen LogP contribution in [-0.2, 0) is 0 Å². The summed E-state index contributed by atoms with van der Waals surface area (Å²) in [7, 11) is 0. The van der Waals surface area contributed by atoms with Crippen molar-refractivity contribution in [2.24, 2.45) is 23.0 Å². The minimum Gasteiger partial charge on any atom is -0.317 e. The Bertz CT molecular complexity index is 359. The second-order valence-electron chi connectivity index (χ2n) is 6.05. The molecule has 3 heteroatoms. The van der Waals surface area contributed by atoms with E-state index in [0.29, 0.717) is 11.8 Å². The maximum absolute atomic E-state index is 13.2. The Kier molecular flexibility index (Phi) is 1.49. The van der Waals surface area contributed by atoms with Crippen molar-refractivity contribution in [1.29, 1.82) is 0 Å². The minimum atomic E-state index is -2.66. The molecule has 2 N–H and O–H groups in total. The maximum atomic E-state index is 13.2. The molecule has 0 aliphatic heterocycles. The van der Waals surface area contributed by atoms with E-state index in [1.54, 1.807) is 0 Å². The van der Waals surface area contributed by atoms with Crippen LogP contribution in [0.4, 0.5) is 8.78 Å². The standard InChI is InChI=1S/C12H17F2N/c1-10(2)7-3-4-8(9(10)5-7)11(15)6-12(11,13)14/h4,7,9H,3,5-6,15H2,1-2H3. The zero-order valence-electron chi connectivity index (χ0n) is 9.19. The van der Waals surface area contributed by atoms with Gasteiger partial charge in [-0.1, -0.05) is 19.9 Å². The van der Waals surface area contributed by atoms with E-state index in [2.05, 4.69) is 13.8 Å². The first-order valence-electron chi connectivity index (χ1n) is 5.66. The molecule has 0 spiro atoms. The smallest absolute Gasteiger partial charge is 0.272 e. The van der Waals surface area contributed by atoms with Gasteiger partial charge >= 0.3 is 0 Å². The van der Waals surface area contributed by atoms with Crippen LogP contribution in [0.15, 0.2) is 11.6 Å². The van der Waals surface area contributed by atoms with Gasteiger partial charge in [-0.25, -0.2) is 8.78 Å². The average molecular weight is 213 g/mol. The van der Waals surface area contributed by atoms with Gasteiger partial charge in [0.15, 0.2) is 0 Å². The van der Waals surface area contributed by atoms with E-state index in [0.717, 1.165) is 18.4 Å². The minimum absolute atomic E-state index is 0.150. The average Bonchev–Trinajstić information content (AvgIpc) is 2.67. The molecule has 4 aliphatic carbocycles. The van der Waals surface area contributed by atoms with E-state index >= 15 is 0 Å². The van der Waals surface area contributed by atoms with Gasteiger partial charge in [-0.2, -0.15) is 0 Å². The normalized spacial score (nSPS) is 49.3. The van der Waals surface area contributed by atoms with E-state index in [1.807, 2.05) is 6.08 Å². The SMILES string of the molecule is CC1(C)C2CC=C(C3(N)CC3(F)F)C1C2. The highest BCUT2D eigenvalue weighted by atomic mass is 19.3. The van der Waals surface area contributed by atoms with Crippen molar-refractivity contribution in [3.8, 4) is 0 Å². The molecule has 0 radical (unpaired) electrons. The van der Waals surface area contributed by atoms with Crippen molar-refractivity contribution >= 4 is 0 Å². The fourth-order valence-corrected chi connectivity index (χ4v) is 3.47. The predicted molar refractivity (Wildman–Crippen MR) is 54.6 cm³/mol. The summed E-state index contributed by atoms with van der Waals surface area (Å²) in [5.41, 5.74) is 5.56. The Labute approximate surface area is 88.7 Å². The first kappa shape index (κ1) is 9.76. The summed E-state index contributed by atoms with van der Waals surface area (Å²) in [5, 5.41) is 0. The van der Waals surface area contributed by atoms with E-state index < -0.39 is 11.5 Å². The van der Waals surface area contributed by atoms with Gasteiger partial charge in [0, 0.05) is 6.42 Å². The van der Waals surface area contributed by atoms with Gasteiger partial charge in [-0.15, -0.1) is 0 Å². The summed E-state index contributed by atoms with van der Waals surface area (Å²) in [5.74, 6) is -1.67. The largest absolute Gasteiger partial charge is 0.317 e. The number of allylic oxidation sites excluding steroid dienone is 1. The summed E-state index contributed by atoms with van der Waals surface area (Å²) in [6.45, 7) is 4.37. The van der Waals surface area contributed by atoms with E-state index in [-0.39, 0.29) is 11.8 Å². The van der Waals surface area contributed by atoms with Crippen LogP contribution in [0, 0.1) is 17.3 Å². The second-order valence-corrected chi connectivity index (χ2v) is 6.05. The van der Waals surface area contributed by atoms with E-state index in [9.17, 15) is 8.78 Å².